The summed E-state index contributed by atoms with van der Waals surface area (Å²) in [5, 5.41) is 8.17. The average Bonchev–Trinajstić information content (AvgIpc) is 2.89. The summed E-state index contributed by atoms with van der Waals surface area (Å²) in [6, 6.07) is 8.42. The lowest BCUT2D eigenvalue weighted by atomic mass is 10.0. The summed E-state index contributed by atoms with van der Waals surface area (Å²) in [7, 11) is 0. The predicted octanol–water partition coefficient (Wildman–Crippen LogP) is 3.87. The summed E-state index contributed by atoms with van der Waals surface area (Å²) in [4.78, 5) is 0. The van der Waals surface area contributed by atoms with Gasteiger partial charge in [0.15, 0.2) is 4.34 Å². The number of hydrogen-bond donors (Lipinski definition) is 1. The monoisotopic (exact) mass is 343 g/mol. The first-order valence-electron chi connectivity index (χ1n) is 5.64. The van der Waals surface area contributed by atoms with Crippen molar-refractivity contribution in [1.82, 2.24) is 10.2 Å². The molecule has 0 radical (unpaired) electrons. The molecule has 2 aromatic rings. The van der Waals surface area contributed by atoms with Gasteiger partial charge in [0.2, 0.25) is 0 Å². The smallest absolute Gasteiger partial charge is 0.174 e. The second-order valence-electron chi connectivity index (χ2n) is 3.87. The van der Waals surface area contributed by atoms with Crippen molar-refractivity contribution in [1.29, 1.82) is 0 Å². The van der Waals surface area contributed by atoms with Crippen LogP contribution in [-0.2, 0) is 0 Å². The standard InChI is InChI=1S/C12H14BrN3S2/c1-2-10(14)11(18-12-16-15-7-17-12)8-3-5-9(13)6-4-8/h3-7,10-11H,2,14H2,1H3. The van der Waals surface area contributed by atoms with Crippen molar-refractivity contribution in [2.24, 2.45) is 5.73 Å². The number of aromatic nitrogens is 2. The van der Waals surface area contributed by atoms with Crippen LogP contribution in [0.25, 0.3) is 0 Å². The molecule has 0 fully saturated rings. The molecule has 96 valence electrons. The lowest BCUT2D eigenvalue weighted by molar-refractivity contribution is 0.634. The van der Waals surface area contributed by atoms with Crippen LogP contribution in [-0.4, -0.2) is 16.2 Å². The van der Waals surface area contributed by atoms with Crippen molar-refractivity contribution in [3.05, 3.63) is 39.8 Å². The van der Waals surface area contributed by atoms with E-state index in [0.29, 0.717) is 0 Å². The molecule has 6 heteroatoms. The van der Waals surface area contributed by atoms with Crippen LogP contribution in [0.4, 0.5) is 0 Å². The maximum absolute atomic E-state index is 6.23. The molecule has 2 unspecified atom stereocenters. The maximum Gasteiger partial charge on any atom is 0.174 e. The van der Waals surface area contributed by atoms with Gasteiger partial charge in [-0.2, -0.15) is 0 Å². The van der Waals surface area contributed by atoms with E-state index in [1.54, 1.807) is 28.6 Å². The first kappa shape index (κ1) is 14.0. The van der Waals surface area contributed by atoms with Crippen LogP contribution >= 0.6 is 39.0 Å². The summed E-state index contributed by atoms with van der Waals surface area (Å²) in [6.45, 7) is 2.11. The molecule has 1 aromatic carbocycles. The van der Waals surface area contributed by atoms with Gasteiger partial charge in [-0.25, -0.2) is 0 Å². The molecule has 1 heterocycles. The number of hydrogen-bond acceptors (Lipinski definition) is 5. The topological polar surface area (TPSA) is 51.8 Å². The van der Waals surface area contributed by atoms with E-state index in [0.717, 1.165) is 15.2 Å². The number of nitrogens with zero attached hydrogens (tertiary/aromatic N) is 2. The van der Waals surface area contributed by atoms with Crippen molar-refractivity contribution in [2.45, 2.75) is 29.0 Å². The van der Waals surface area contributed by atoms with E-state index in [4.69, 9.17) is 5.73 Å². The van der Waals surface area contributed by atoms with Crippen LogP contribution in [0.1, 0.15) is 24.2 Å². The summed E-state index contributed by atoms with van der Waals surface area (Å²) in [5.41, 5.74) is 9.21. The molecule has 0 bridgehead atoms. The zero-order chi connectivity index (χ0) is 13.0. The van der Waals surface area contributed by atoms with E-state index in [1.165, 1.54) is 5.56 Å². The quantitative estimate of drug-likeness (QED) is 0.837. The Morgan fingerprint density at radius 3 is 2.67 bits per heavy atom. The van der Waals surface area contributed by atoms with Crippen LogP contribution in [0.2, 0.25) is 0 Å². The van der Waals surface area contributed by atoms with Gasteiger partial charge in [-0.3, -0.25) is 0 Å². The molecule has 0 aliphatic heterocycles. The van der Waals surface area contributed by atoms with Gasteiger partial charge in [0, 0.05) is 10.5 Å². The minimum absolute atomic E-state index is 0.111. The van der Waals surface area contributed by atoms with Gasteiger partial charge in [-0.1, -0.05) is 58.1 Å². The molecule has 2 atom stereocenters. The third-order valence-corrected chi connectivity index (χ3v) is 5.37. The van der Waals surface area contributed by atoms with E-state index in [1.807, 2.05) is 12.1 Å². The Bertz CT molecular complexity index is 473. The van der Waals surface area contributed by atoms with Gasteiger partial charge in [0.05, 0.1) is 5.25 Å². The molecule has 2 rings (SSSR count). The zero-order valence-electron chi connectivity index (χ0n) is 9.91. The van der Waals surface area contributed by atoms with E-state index >= 15 is 0 Å². The van der Waals surface area contributed by atoms with Gasteiger partial charge in [0.25, 0.3) is 0 Å². The predicted molar refractivity (Wildman–Crippen MR) is 80.9 cm³/mol. The summed E-state index contributed by atoms with van der Waals surface area (Å²) in [6.07, 6.45) is 0.937. The highest BCUT2D eigenvalue weighted by molar-refractivity contribution is 9.10. The van der Waals surface area contributed by atoms with Crippen molar-refractivity contribution >= 4 is 39.0 Å². The number of halogens is 1. The van der Waals surface area contributed by atoms with E-state index < -0.39 is 0 Å². The van der Waals surface area contributed by atoms with Crippen molar-refractivity contribution in [3.8, 4) is 0 Å². The molecule has 0 saturated heterocycles. The molecule has 0 aliphatic rings. The van der Waals surface area contributed by atoms with E-state index in [-0.39, 0.29) is 11.3 Å². The van der Waals surface area contributed by atoms with Gasteiger partial charge in [-0.15, -0.1) is 10.2 Å². The average molecular weight is 344 g/mol. The normalized spacial score (nSPS) is 14.4. The molecule has 1 aromatic heterocycles. The largest absolute Gasteiger partial charge is 0.326 e. The molecular formula is C12H14BrN3S2. The lowest BCUT2D eigenvalue weighted by Crippen LogP contribution is -2.25. The van der Waals surface area contributed by atoms with E-state index in [2.05, 4.69) is 45.2 Å². The number of rotatable bonds is 5. The van der Waals surface area contributed by atoms with Crippen LogP contribution in [0.15, 0.2) is 38.6 Å². The maximum atomic E-state index is 6.23. The molecule has 2 N–H and O–H groups in total. The third kappa shape index (κ3) is 3.54. The minimum Gasteiger partial charge on any atom is -0.326 e. The van der Waals surface area contributed by atoms with Crippen molar-refractivity contribution in [2.75, 3.05) is 0 Å². The highest BCUT2D eigenvalue weighted by atomic mass is 79.9. The zero-order valence-corrected chi connectivity index (χ0v) is 13.1. The van der Waals surface area contributed by atoms with Gasteiger partial charge < -0.3 is 5.73 Å². The molecule has 3 nitrogen and oxygen atoms in total. The van der Waals surface area contributed by atoms with Crippen LogP contribution in [0.3, 0.4) is 0 Å². The first-order chi connectivity index (χ1) is 8.70. The summed E-state index contributed by atoms with van der Waals surface area (Å²) < 4.78 is 2.04. The van der Waals surface area contributed by atoms with Gasteiger partial charge in [0.1, 0.15) is 5.51 Å². The van der Waals surface area contributed by atoms with Crippen molar-refractivity contribution < 1.29 is 0 Å². The van der Waals surface area contributed by atoms with Gasteiger partial charge in [-0.05, 0) is 24.1 Å². The lowest BCUT2D eigenvalue weighted by Gasteiger charge is -2.21. The van der Waals surface area contributed by atoms with E-state index in [9.17, 15) is 0 Å². The summed E-state index contributed by atoms with van der Waals surface area (Å²) >= 11 is 6.70. The van der Waals surface area contributed by atoms with Crippen LogP contribution in [0, 0.1) is 0 Å². The molecule has 0 aliphatic carbocycles. The second-order valence-corrected chi connectivity index (χ2v) is 7.00. The Labute approximate surface area is 123 Å². The fourth-order valence-electron chi connectivity index (χ4n) is 1.59. The molecule has 18 heavy (non-hydrogen) atoms. The highest BCUT2D eigenvalue weighted by Gasteiger charge is 2.21. The molecule has 0 spiro atoms. The van der Waals surface area contributed by atoms with Crippen LogP contribution in [0.5, 0.6) is 0 Å². The Kier molecular flexibility index (Phi) is 5.17. The minimum atomic E-state index is 0.111. The second kappa shape index (κ2) is 6.65. The number of benzene rings is 1. The molecular weight excluding hydrogens is 330 g/mol. The number of thioether (sulfide) groups is 1. The fourth-order valence-corrected chi connectivity index (χ4v) is 3.77. The Morgan fingerprint density at radius 1 is 1.39 bits per heavy atom. The number of nitrogens with two attached hydrogens (primary N) is 1. The van der Waals surface area contributed by atoms with Crippen molar-refractivity contribution in [3.63, 3.8) is 0 Å². The Balaban J connectivity index is 2.22. The highest BCUT2D eigenvalue weighted by Crippen LogP contribution is 2.38. The Morgan fingerprint density at radius 2 is 2.11 bits per heavy atom. The molecule has 0 saturated carbocycles. The first-order valence-corrected chi connectivity index (χ1v) is 8.19. The summed E-state index contributed by atoms with van der Waals surface area (Å²) in [5.74, 6) is 0. The van der Waals surface area contributed by atoms with Crippen LogP contribution < -0.4 is 5.73 Å². The fraction of sp³-hybridized carbons (Fsp3) is 0.333. The third-order valence-electron chi connectivity index (χ3n) is 2.63. The SMILES string of the molecule is CCC(N)C(Sc1nncs1)c1ccc(Br)cc1. The molecule has 0 amide bonds. The Hall–Kier alpha value is -0.430. The van der Waals surface area contributed by atoms with Gasteiger partial charge >= 0.3 is 0 Å².